The van der Waals surface area contributed by atoms with Gasteiger partial charge in [0.1, 0.15) is 5.82 Å². The van der Waals surface area contributed by atoms with Crippen LogP contribution in [0.5, 0.6) is 0 Å². The van der Waals surface area contributed by atoms with Crippen molar-refractivity contribution in [3.05, 3.63) is 59.4 Å². The van der Waals surface area contributed by atoms with Gasteiger partial charge in [-0.3, -0.25) is 4.72 Å². The maximum absolute atomic E-state index is 13.0. The summed E-state index contributed by atoms with van der Waals surface area (Å²) in [6, 6.07) is 7.09. The molecule has 2 aromatic carbocycles. The number of sulfonamides is 1. The first kappa shape index (κ1) is 16.3. The molecule has 0 amide bonds. The third-order valence-corrected chi connectivity index (χ3v) is 4.34. The van der Waals surface area contributed by atoms with Gasteiger partial charge >= 0.3 is 6.18 Å². The number of hydrogen-bond donors (Lipinski definition) is 1. The lowest BCUT2D eigenvalue weighted by atomic mass is 10.2. The molecule has 0 saturated carbocycles. The highest BCUT2D eigenvalue weighted by molar-refractivity contribution is 7.92. The number of hydrogen-bond acceptors (Lipinski definition) is 2. The Morgan fingerprint density at radius 2 is 1.68 bits per heavy atom. The number of benzene rings is 2. The van der Waals surface area contributed by atoms with E-state index in [1.807, 2.05) is 4.72 Å². The Balaban J connectivity index is 2.48. The van der Waals surface area contributed by atoms with E-state index in [0.29, 0.717) is 6.07 Å². The molecule has 0 aromatic heterocycles. The first-order valence-corrected chi connectivity index (χ1v) is 7.55. The monoisotopic (exact) mass is 333 g/mol. The second-order valence-electron chi connectivity index (χ2n) is 4.56. The SMILES string of the molecule is Cc1cc(F)ccc1NS(=O)(=O)c1ccccc1C(F)(F)F. The van der Waals surface area contributed by atoms with Crippen molar-refractivity contribution in [3.63, 3.8) is 0 Å². The fourth-order valence-corrected chi connectivity index (χ4v) is 3.24. The number of anilines is 1. The first-order valence-electron chi connectivity index (χ1n) is 6.06. The summed E-state index contributed by atoms with van der Waals surface area (Å²) in [4.78, 5) is -0.883. The highest BCUT2D eigenvalue weighted by Gasteiger charge is 2.36. The van der Waals surface area contributed by atoms with E-state index in [1.54, 1.807) is 0 Å². The molecule has 0 aliphatic rings. The standard InChI is InChI=1S/C14H11F4NO2S/c1-9-8-10(15)6-7-12(9)19-22(20,21)13-5-3-2-4-11(13)14(16,17)18/h2-8,19H,1H3. The van der Waals surface area contributed by atoms with Crippen LogP contribution in [0.3, 0.4) is 0 Å². The van der Waals surface area contributed by atoms with Gasteiger partial charge in [-0.2, -0.15) is 13.2 Å². The summed E-state index contributed by atoms with van der Waals surface area (Å²) >= 11 is 0. The van der Waals surface area contributed by atoms with Gasteiger partial charge in [0.05, 0.1) is 16.1 Å². The quantitative estimate of drug-likeness (QED) is 0.865. The van der Waals surface area contributed by atoms with Crippen molar-refractivity contribution in [2.24, 2.45) is 0 Å². The predicted octanol–water partition coefficient (Wildman–Crippen LogP) is 3.95. The number of aryl methyl sites for hydroxylation is 1. The Bertz CT molecular complexity index is 801. The molecule has 0 fully saturated rings. The summed E-state index contributed by atoms with van der Waals surface area (Å²) < 4.78 is 78.2. The molecular weight excluding hydrogens is 322 g/mol. The number of nitrogens with one attached hydrogen (secondary N) is 1. The molecule has 0 radical (unpaired) electrons. The smallest absolute Gasteiger partial charge is 0.279 e. The van der Waals surface area contributed by atoms with E-state index in [1.165, 1.54) is 13.0 Å². The Morgan fingerprint density at radius 1 is 1.05 bits per heavy atom. The second kappa shape index (κ2) is 5.60. The molecule has 22 heavy (non-hydrogen) atoms. The van der Waals surface area contributed by atoms with E-state index in [4.69, 9.17) is 0 Å². The number of halogens is 4. The molecule has 0 heterocycles. The molecule has 0 saturated heterocycles. The molecule has 0 atom stereocenters. The van der Waals surface area contributed by atoms with E-state index in [9.17, 15) is 26.0 Å². The summed E-state index contributed by atoms with van der Waals surface area (Å²) in [7, 11) is -4.45. The van der Waals surface area contributed by atoms with E-state index in [0.717, 1.165) is 30.3 Å². The first-order chi connectivity index (χ1) is 10.1. The van der Waals surface area contributed by atoms with Crippen molar-refractivity contribution in [1.29, 1.82) is 0 Å². The van der Waals surface area contributed by atoms with Gasteiger partial charge in [-0.15, -0.1) is 0 Å². The van der Waals surface area contributed by atoms with Crippen LogP contribution in [-0.4, -0.2) is 8.42 Å². The van der Waals surface area contributed by atoms with Crippen molar-refractivity contribution in [2.75, 3.05) is 4.72 Å². The Kier molecular flexibility index (Phi) is 4.15. The molecule has 0 unspecified atom stereocenters. The minimum Gasteiger partial charge on any atom is -0.279 e. The molecule has 118 valence electrons. The summed E-state index contributed by atoms with van der Waals surface area (Å²) in [5.74, 6) is -0.573. The highest BCUT2D eigenvalue weighted by Crippen LogP contribution is 2.34. The molecule has 0 bridgehead atoms. The Hall–Kier alpha value is -2.09. The van der Waals surface area contributed by atoms with E-state index < -0.39 is 32.5 Å². The van der Waals surface area contributed by atoms with Crippen LogP contribution < -0.4 is 4.72 Å². The van der Waals surface area contributed by atoms with E-state index in [-0.39, 0.29) is 11.3 Å². The van der Waals surface area contributed by atoms with Crippen LogP contribution in [0.1, 0.15) is 11.1 Å². The Morgan fingerprint density at radius 3 is 2.27 bits per heavy atom. The van der Waals surface area contributed by atoms with Crippen molar-refractivity contribution >= 4 is 15.7 Å². The third-order valence-electron chi connectivity index (χ3n) is 2.91. The lowest BCUT2D eigenvalue weighted by molar-refractivity contribution is -0.139. The lowest BCUT2D eigenvalue weighted by Gasteiger charge is -2.15. The summed E-state index contributed by atoms with van der Waals surface area (Å²) in [6.07, 6.45) is -4.80. The number of alkyl halides is 3. The van der Waals surface area contributed by atoms with E-state index in [2.05, 4.69) is 0 Å². The fraction of sp³-hybridized carbons (Fsp3) is 0.143. The van der Waals surface area contributed by atoms with Crippen LogP contribution in [0.25, 0.3) is 0 Å². The molecular formula is C14H11F4NO2S. The summed E-state index contributed by atoms with van der Waals surface area (Å²) in [5, 5.41) is 0. The molecule has 2 aromatic rings. The van der Waals surface area contributed by atoms with Crippen molar-refractivity contribution in [1.82, 2.24) is 0 Å². The zero-order valence-electron chi connectivity index (χ0n) is 11.3. The minimum atomic E-state index is -4.80. The highest BCUT2D eigenvalue weighted by atomic mass is 32.2. The second-order valence-corrected chi connectivity index (χ2v) is 6.21. The van der Waals surface area contributed by atoms with Gasteiger partial charge in [0.2, 0.25) is 0 Å². The molecule has 2 rings (SSSR count). The fourth-order valence-electron chi connectivity index (χ4n) is 1.88. The average molecular weight is 333 g/mol. The molecule has 8 heteroatoms. The topological polar surface area (TPSA) is 46.2 Å². The maximum atomic E-state index is 13.0. The van der Waals surface area contributed by atoms with Gasteiger partial charge in [0.15, 0.2) is 0 Å². The average Bonchev–Trinajstić information content (AvgIpc) is 2.41. The lowest BCUT2D eigenvalue weighted by Crippen LogP contribution is -2.19. The molecule has 0 spiro atoms. The van der Waals surface area contributed by atoms with Gasteiger partial charge in [-0.25, -0.2) is 12.8 Å². The predicted molar refractivity (Wildman–Crippen MR) is 73.4 cm³/mol. The molecule has 1 N–H and O–H groups in total. The van der Waals surface area contributed by atoms with Crippen LogP contribution in [-0.2, 0) is 16.2 Å². The molecule has 0 aliphatic heterocycles. The summed E-state index contributed by atoms with van der Waals surface area (Å²) in [5.41, 5.74) is -0.992. The third kappa shape index (κ3) is 3.38. The van der Waals surface area contributed by atoms with Gasteiger partial charge < -0.3 is 0 Å². The normalized spacial score (nSPS) is 12.2. The number of rotatable bonds is 3. The van der Waals surface area contributed by atoms with Crippen LogP contribution in [0.4, 0.5) is 23.2 Å². The summed E-state index contributed by atoms with van der Waals surface area (Å²) in [6.45, 7) is 1.44. The van der Waals surface area contributed by atoms with Crippen LogP contribution in [0, 0.1) is 12.7 Å². The molecule has 3 nitrogen and oxygen atoms in total. The van der Waals surface area contributed by atoms with Gasteiger partial charge in [-0.1, -0.05) is 12.1 Å². The van der Waals surface area contributed by atoms with Gasteiger partial charge in [0, 0.05) is 0 Å². The van der Waals surface area contributed by atoms with Crippen LogP contribution in [0.15, 0.2) is 47.4 Å². The van der Waals surface area contributed by atoms with Crippen molar-refractivity contribution in [3.8, 4) is 0 Å². The van der Waals surface area contributed by atoms with Crippen LogP contribution in [0.2, 0.25) is 0 Å². The zero-order valence-corrected chi connectivity index (χ0v) is 12.1. The minimum absolute atomic E-state index is 0.0124. The molecule has 0 aliphatic carbocycles. The largest absolute Gasteiger partial charge is 0.417 e. The van der Waals surface area contributed by atoms with Gasteiger partial charge in [-0.05, 0) is 42.8 Å². The van der Waals surface area contributed by atoms with Crippen molar-refractivity contribution in [2.45, 2.75) is 18.0 Å². The maximum Gasteiger partial charge on any atom is 0.417 e. The zero-order chi connectivity index (χ0) is 16.5. The van der Waals surface area contributed by atoms with Gasteiger partial charge in [0.25, 0.3) is 10.0 Å². The Labute approximate surface area is 124 Å². The van der Waals surface area contributed by atoms with Crippen LogP contribution >= 0.6 is 0 Å². The van der Waals surface area contributed by atoms with E-state index >= 15 is 0 Å². The van der Waals surface area contributed by atoms with Crippen molar-refractivity contribution < 1.29 is 26.0 Å².